The Morgan fingerprint density at radius 3 is 2.41 bits per heavy atom. The third kappa shape index (κ3) is 6.05. The van der Waals surface area contributed by atoms with Crippen LogP contribution in [0.2, 0.25) is 0 Å². The van der Waals surface area contributed by atoms with E-state index in [-0.39, 0.29) is 11.9 Å². The van der Waals surface area contributed by atoms with E-state index in [0.29, 0.717) is 26.1 Å². The number of aryl methyl sites for hydroxylation is 2. The molecule has 6 heteroatoms. The van der Waals surface area contributed by atoms with Gasteiger partial charge in [-0.1, -0.05) is 84.4 Å². The fourth-order valence-corrected chi connectivity index (χ4v) is 7.27. The molecule has 0 fully saturated rings. The molecule has 1 aliphatic carbocycles. The Bertz CT molecular complexity index is 1690. The summed E-state index contributed by atoms with van der Waals surface area (Å²) in [4.78, 5) is 16.9. The molecule has 44 heavy (non-hydrogen) atoms. The lowest BCUT2D eigenvalue weighted by Crippen LogP contribution is -2.37. The normalized spacial score (nSPS) is 14.3. The van der Waals surface area contributed by atoms with Gasteiger partial charge in [0.15, 0.2) is 0 Å². The Labute approximate surface area is 273 Å². The van der Waals surface area contributed by atoms with Crippen molar-refractivity contribution in [3.8, 4) is 5.75 Å². The van der Waals surface area contributed by atoms with Crippen LogP contribution in [-0.2, 0) is 27.9 Å². The van der Waals surface area contributed by atoms with Gasteiger partial charge in [-0.3, -0.25) is 4.79 Å². The van der Waals surface area contributed by atoms with E-state index in [2.05, 4.69) is 131 Å². The summed E-state index contributed by atoms with van der Waals surface area (Å²) in [6.45, 7) is 4.95. The monoisotopic (exact) mass is 696 g/mol. The second kappa shape index (κ2) is 13.4. The van der Waals surface area contributed by atoms with Crippen molar-refractivity contribution in [1.29, 1.82) is 0 Å². The van der Waals surface area contributed by atoms with Crippen molar-refractivity contribution in [2.24, 2.45) is 0 Å². The Kier molecular flexibility index (Phi) is 9.17. The second-order valence-corrected chi connectivity index (χ2v) is 12.6. The van der Waals surface area contributed by atoms with E-state index in [1.54, 1.807) is 0 Å². The van der Waals surface area contributed by atoms with Crippen LogP contribution in [0.15, 0.2) is 110 Å². The topological polar surface area (TPSA) is 53.4 Å². The zero-order valence-corrected chi connectivity index (χ0v) is 27.4. The van der Waals surface area contributed by atoms with Crippen LogP contribution in [0.1, 0.15) is 64.8 Å². The van der Waals surface area contributed by atoms with E-state index < -0.39 is 5.54 Å². The van der Waals surface area contributed by atoms with E-state index >= 15 is 0 Å². The van der Waals surface area contributed by atoms with Gasteiger partial charge in [0.05, 0.1) is 31.7 Å². The first-order valence-electron chi connectivity index (χ1n) is 15.3. The number of aromatic nitrogens is 2. The molecule has 5 nitrogen and oxygen atoms in total. The Morgan fingerprint density at radius 1 is 0.977 bits per heavy atom. The van der Waals surface area contributed by atoms with Crippen molar-refractivity contribution in [3.63, 3.8) is 0 Å². The molecular weight excluding hydrogens is 659 g/mol. The van der Waals surface area contributed by atoms with Gasteiger partial charge in [-0.25, -0.2) is 4.98 Å². The van der Waals surface area contributed by atoms with Crippen LogP contribution in [0.5, 0.6) is 5.75 Å². The highest BCUT2D eigenvalue weighted by atomic mass is 127. The van der Waals surface area contributed by atoms with Crippen molar-refractivity contribution in [2.45, 2.75) is 51.0 Å². The van der Waals surface area contributed by atoms with Crippen LogP contribution in [0.3, 0.4) is 0 Å². The van der Waals surface area contributed by atoms with E-state index in [1.807, 2.05) is 19.3 Å². The molecule has 0 unspecified atom stereocenters. The van der Waals surface area contributed by atoms with Crippen LogP contribution < -0.4 is 4.74 Å². The predicted octanol–water partition coefficient (Wildman–Crippen LogP) is 8.24. The molecule has 1 aromatic heterocycles. The summed E-state index contributed by atoms with van der Waals surface area (Å²) in [7, 11) is 0. The average Bonchev–Trinajstić information content (AvgIpc) is 3.68. The minimum atomic E-state index is -0.600. The first-order valence-corrected chi connectivity index (χ1v) is 16.4. The number of benzene rings is 4. The van der Waals surface area contributed by atoms with Gasteiger partial charge in [-0.05, 0) is 95.7 Å². The molecule has 0 spiro atoms. The Morgan fingerprint density at radius 2 is 1.70 bits per heavy atom. The molecule has 1 aliphatic rings. The molecule has 0 N–H and O–H groups in total. The van der Waals surface area contributed by atoms with Crippen LogP contribution in [0, 0.1) is 10.5 Å². The summed E-state index contributed by atoms with van der Waals surface area (Å²) >= 11 is 2.46. The number of carbonyl (C=O) groups excluding carboxylic acids is 1. The highest BCUT2D eigenvalue weighted by molar-refractivity contribution is 14.1. The number of ether oxygens (including phenoxy) is 2. The first-order chi connectivity index (χ1) is 21.5. The molecule has 0 aliphatic heterocycles. The van der Waals surface area contributed by atoms with Crippen molar-refractivity contribution in [1.82, 2.24) is 9.55 Å². The van der Waals surface area contributed by atoms with Gasteiger partial charge in [0.25, 0.3) is 0 Å². The van der Waals surface area contributed by atoms with Gasteiger partial charge >= 0.3 is 5.97 Å². The van der Waals surface area contributed by atoms with Crippen LogP contribution in [0.4, 0.5) is 0 Å². The van der Waals surface area contributed by atoms with E-state index in [0.717, 1.165) is 24.3 Å². The number of esters is 1. The fourth-order valence-electron chi connectivity index (χ4n) is 6.54. The largest absolute Gasteiger partial charge is 0.493 e. The lowest BCUT2D eigenvalue weighted by atomic mass is 9.76. The molecule has 5 aromatic rings. The SMILES string of the molecule is CCOC(=O)C[C@@H]1CCc2cc(OCCc3cn(C(c4ccccc4)(c4ccccc4)c4cc(C)ccc4I)cn3)ccc21. The summed E-state index contributed by atoms with van der Waals surface area (Å²) in [5.74, 6) is 0.969. The van der Waals surface area contributed by atoms with Crippen molar-refractivity contribution >= 4 is 28.6 Å². The smallest absolute Gasteiger partial charge is 0.306 e. The maximum Gasteiger partial charge on any atom is 0.306 e. The average molecular weight is 697 g/mol. The van der Waals surface area contributed by atoms with Gasteiger partial charge in [0, 0.05) is 21.8 Å². The summed E-state index contributed by atoms with van der Waals surface area (Å²) in [5.41, 5.74) is 7.67. The summed E-state index contributed by atoms with van der Waals surface area (Å²) < 4.78 is 14.9. The van der Waals surface area contributed by atoms with Crippen LogP contribution in [-0.4, -0.2) is 28.7 Å². The number of hydrogen-bond donors (Lipinski definition) is 0. The van der Waals surface area contributed by atoms with Gasteiger partial charge in [0.2, 0.25) is 0 Å². The molecule has 1 atom stereocenters. The first kappa shape index (κ1) is 30.1. The lowest BCUT2D eigenvalue weighted by Gasteiger charge is -2.38. The van der Waals surface area contributed by atoms with Gasteiger partial charge < -0.3 is 14.0 Å². The molecule has 0 amide bonds. The molecule has 1 heterocycles. The minimum absolute atomic E-state index is 0.120. The second-order valence-electron chi connectivity index (χ2n) is 11.4. The van der Waals surface area contributed by atoms with Crippen molar-refractivity contribution in [2.75, 3.05) is 13.2 Å². The number of hydrogen-bond acceptors (Lipinski definition) is 4. The lowest BCUT2D eigenvalue weighted by molar-refractivity contribution is -0.143. The van der Waals surface area contributed by atoms with Gasteiger partial charge in [0.1, 0.15) is 11.3 Å². The quantitative estimate of drug-likeness (QED) is 0.0794. The van der Waals surface area contributed by atoms with E-state index in [9.17, 15) is 4.79 Å². The van der Waals surface area contributed by atoms with Gasteiger partial charge in [-0.15, -0.1) is 0 Å². The number of rotatable bonds is 11. The molecular formula is C38H37IN2O3. The number of halogens is 1. The highest BCUT2D eigenvalue weighted by Crippen LogP contribution is 2.43. The molecule has 0 radical (unpaired) electrons. The highest BCUT2D eigenvalue weighted by Gasteiger charge is 2.40. The number of carbonyl (C=O) groups is 1. The predicted molar refractivity (Wildman–Crippen MR) is 182 cm³/mol. The maximum absolute atomic E-state index is 12.0. The summed E-state index contributed by atoms with van der Waals surface area (Å²) in [5, 5.41) is 0. The molecule has 4 aromatic carbocycles. The van der Waals surface area contributed by atoms with E-state index in [4.69, 9.17) is 14.5 Å². The number of nitrogens with zero attached hydrogens (tertiary/aromatic N) is 2. The van der Waals surface area contributed by atoms with Crippen LogP contribution >= 0.6 is 22.6 Å². The number of imidazole rings is 1. The third-order valence-corrected chi connectivity index (χ3v) is 9.52. The van der Waals surface area contributed by atoms with E-state index in [1.165, 1.54) is 37.0 Å². The molecule has 0 saturated heterocycles. The Balaban J connectivity index is 1.26. The summed E-state index contributed by atoms with van der Waals surface area (Å²) in [6.07, 6.45) is 7.19. The zero-order valence-electron chi connectivity index (χ0n) is 25.2. The minimum Gasteiger partial charge on any atom is -0.493 e. The molecule has 224 valence electrons. The molecule has 6 rings (SSSR count). The fraction of sp³-hybridized carbons (Fsp3) is 0.263. The van der Waals surface area contributed by atoms with Crippen molar-refractivity contribution in [3.05, 3.63) is 152 Å². The third-order valence-electron chi connectivity index (χ3n) is 8.58. The maximum atomic E-state index is 12.0. The number of fused-ring (bicyclic) bond motifs is 1. The van der Waals surface area contributed by atoms with Crippen molar-refractivity contribution < 1.29 is 14.3 Å². The van der Waals surface area contributed by atoms with Crippen LogP contribution in [0.25, 0.3) is 0 Å². The Hall–Kier alpha value is -3.91. The standard InChI is InChI=1S/C38H37IN2O3/c1-3-43-37(42)24-29-16-15-28-23-33(17-18-34(28)29)44-21-20-32-25-41(26-40-32)38(30-10-6-4-7-11-30,31-12-8-5-9-13-31)35-22-27(2)14-19-36(35)39/h4-14,17-19,22-23,25-26,29H,3,15-16,20-21,24H2,1-2H3/t29-/m0/s1. The molecule has 0 bridgehead atoms. The van der Waals surface area contributed by atoms with Gasteiger partial charge in [-0.2, -0.15) is 0 Å². The zero-order chi connectivity index (χ0) is 30.5. The molecule has 0 saturated carbocycles. The summed E-state index contributed by atoms with van der Waals surface area (Å²) in [6, 6.07) is 34.3.